The zero-order valence-corrected chi connectivity index (χ0v) is 11.3. The Kier molecular flexibility index (Phi) is 3.02. The number of amides is 4. The molecule has 0 aromatic carbocycles. The fraction of sp³-hybridized carbons (Fsp3) is 0.429. The molecule has 21 heavy (non-hydrogen) atoms. The van der Waals surface area contributed by atoms with Gasteiger partial charge in [-0.25, -0.2) is 0 Å². The molecule has 4 amide bonds. The summed E-state index contributed by atoms with van der Waals surface area (Å²) in [5, 5.41) is 0. The van der Waals surface area contributed by atoms with E-state index in [0.29, 0.717) is 25.7 Å². The highest BCUT2D eigenvalue weighted by atomic mass is 16.2. The summed E-state index contributed by atoms with van der Waals surface area (Å²) in [4.78, 5) is 50.3. The highest BCUT2D eigenvalue weighted by molar-refractivity contribution is 6.17. The number of nitrogens with zero attached hydrogens (tertiary/aromatic N) is 2. The summed E-state index contributed by atoms with van der Waals surface area (Å²) >= 11 is 0. The van der Waals surface area contributed by atoms with E-state index in [1.54, 1.807) is 0 Å². The van der Waals surface area contributed by atoms with E-state index in [1.807, 2.05) is 0 Å². The summed E-state index contributed by atoms with van der Waals surface area (Å²) < 4.78 is 0. The van der Waals surface area contributed by atoms with Crippen LogP contribution in [0.4, 0.5) is 0 Å². The lowest BCUT2D eigenvalue weighted by molar-refractivity contribution is -0.167. The summed E-state index contributed by atoms with van der Waals surface area (Å²) in [5.74, 6) is -1.99. The molecule has 7 heteroatoms. The molecule has 0 saturated heterocycles. The lowest BCUT2D eigenvalue weighted by Gasteiger charge is -2.48. The molecule has 1 saturated carbocycles. The van der Waals surface area contributed by atoms with Gasteiger partial charge in [0.1, 0.15) is 5.66 Å². The van der Waals surface area contributed by atoms with Crippen molar-refractivity contribution in [2.75, 3.05) is 0 Å². The first-order valence-electron chi connectivity index (χ1n) is 6.84. The Labute approximate surface area is 121 Å². The molecule has 7 nitrogen and oxygen atoms in total. The van der Waals surface area contributed by atoms with Crippen LogP contribution in [-0.4, -0.2) is 45.1 Å². The summed E-state index contributed by atoms with van der Waals surface area (Å²) in [6.07, 6.45) is 6.35. The molecule has 2 heterocycles. The van der Waals surface area contributed by atoms with Gasteiger partial charge in [-0.2, -0.15) is 0 Å². The van der Waals surface area contributed by atoms with Crippen molar-refractivity contribution in [1.82, 2.24) is 9.80 Å². The van der Waals surface area contributed by atoms with Gasteiger partial charge in [0.2, 0.25) is 0 Å². The molecule has 2 N–H and O–H groups in total. The molecule has 0 atom stereocenters. The minimum atomic E-state index is -1.23. The van der Waals surface area contributed by atoms with E-state index in [9.17, 15) is 19.2 Å². The van der Waals surface area contributed by atoms with Gasteiger partial charge in [0.15, 0.2) is 0 Å². The first kappa shape index (κ1) is 13.7. The van der Waals surface area contributed by atoms with Crippen molar-refractivity contribution in [2.45, 2.75) is 37.4 Å². The van der Waals surface area contributed by atoms with Gasteiger partial charge >= 0.3 is 0 Å². The van der Waals surface area contributed by atoms with E-state index in [1.165, 1.54) is 0 Å². The number of carbonyl (C=O) groups is 4. The van der Waals surface area contributed by atoms with E-state index >= 15 is 0 Å². The fourth-order valence-electron chi connectivity index (χ4n) is 3.27. The number of rotatable bonds is 2. The van der Waals surface area contributed by atoms with Crippen LogP contribution in [0.3, 0.4) is 0 Å². The second-order valence-corrected chi connectivity index (χ2v) is 5.51. The van der Waals surface area contributed by atoms with Gasteiger partial charge in [-0.1, -0.05) is 0 Å². The number of hydrogen-bond acceptors (Lipinski definition) is 5. The predicted molar refractivity (Wildman–Crippen MR) is 71.2 cm³/mol. The van der Waals surface area contributed by atoms with Crippen molar-refractivity contribution in [1.29, 1.82) is 0 Å². The summed E-state index contributed by atoms with van der Waals surface area (Å²) in [7, 11) is 0. The molecular weight excluding hydrogens is 274 g/mol. The average molecular weight is 289 g/mol. The maximum Gasteiger partial charge on any atom is 0.255 e. The second kappa shape index (κ2) is 4.63. The Bertz CT molecular complexity index is 519. The maximum atomic E-state index is 12.1. The third-order valence-electron chi connectivity index (χ3n) is 4.28. The molecular formula is C14H15N3O4. The monoisotopic (exact) mass is 289 g/mol. The van der Waals surface area contributed by atoms with Crippen molar-refractivity contribution in [3.63, 3.8) is 0 Å². The minimum absolute atomic E-state index is 0.0559. The largest absolute Gasteiger partial charge is 0.328 e. The smallest absolute Gasteiger partial charge is 0.255 e. The standard InChI is InChI=1S/C14H15N3O4/c15-9-5-7-14(8-6-9,16-10(18)1-2-11(16)19)17-12(20)3-4-13(17)21/h1-4,9H,5-8,15H2. The summed E-state index contributed by atoms with van der Waals surface area (Å²) in [5.41, 5.74) is 4.65. The molecule has 3 aliphatic rings. The molecule has 0 aromatic rings. The summed E-state index contributed by atoms with van der Waals surface area (Å²) in [6, 6.07) is -0.0559. The average Bonchev–Trinajstić information content (AvgIpc) is 2.96. The quantitative estimate of drug-likeness (QED) is 0.686. The Morgan fingerprint density at radius 3 is 1.48 bits per heavy atom. The zero-order chi connectivity index (χ0) is 15.2. The van der Waals surface area contributed by atoms with E-state index in [0.717, 1.165) is 34.1 Å². The van der Waals surface area contributed by atoms with Crippen molar-refractivity contribution < 1.29 is 19.2 Å². The first-order chi connectivity index (χ1) is 9.95. The van der Waals surface area contributed by atoms with Crippen molar-refractivity contribution in [3.05, 3.63) is 24.3 Å². The van der Waals surface area contributed by atoms with Gasteiger partial charge < -0.3 is 5.73 Å². The van der Waals surface area contributed by atoms with Gasteiger partial charge in [-0.15, -0.1) is 0 Å². The highest BCUT2D eigenvalue weighted by Crippen LogP contribution is 2.39. The number of carbonyl (C=O) groups excluding carboxylic acids is 4. The number of hydrogen-bond donors (Lipinski definition) is 1. The van der Waals surface area contributed by atoms with Crippen molar-refractivity contribution in [3.8, 4) is 0 Å². The van der Waals surface area contributed by atoms with Crippen LogP contribution >= 0.6 is 0 Å². The zero-order valence-electron chi connectivity index (χ0n) is 11.3. The molecule has 1 fully saturated rings. The van der Waals surface area contributed by atoms with Crippen LogP contribution in [0, 0.1) is 0 Å². The Morgan fingerprint density at radius 1 is 0.810 bits per heavy atom. The van der Waals surface area contributed by atoms with Crippen LogP contribution in [0.15, 0.2) is 24.3 Å². The van der Waals surface area contributed by atoms with E-state index < -0.39 is 29.3 Å². The third kappa shape index (κ3) is 1.92. The SMILES string of the molecule is NC1CCC(N2C(=O)C=CC2=O)(N2C(=O)C=CC2=O)CC1. The lowest BCUT2D eigenvalue weighted by atomic mass is 9.83. The Hall–Kier alpha value is -2.28. The molecule has 0 aromatic heterocycles. The van der Waals surface area contributed by atoms with E-state index in [4.69, 9.17) is 5.73 Å². The van der Waals surface area contributed by atoms with Gasteiger partial charge in [0.25, 0.3) is 23.6 Å². The van der Waals surface area contributed by atoms with Crippen molar-refractivity contribution in [2.24, 2.45) is 5.73 Å². The topological polar surface area (TPSA) is 101 Å². The second-order valence-electron chi connectivity index (χ2n) is 5.51. The Morgan fingerprint density at radius 2 is 1.14 bits per heavy atom. The number of imide groups is 2. The fourth-order valence-corrected chi connectivity index (χ4v) is 3.27. The van der Waals surface area contributed by atoms with Gasteiger partial charge in [-0.3, -0.25) is 29.0 Å². The van der Waals surface area contributed by atoms with Crippen LogP contribution in [0.1, 0.15) is 25.7 Å². The van der Waals surface area contributed by atoms with Crippen LogP contribution in [-0.2, 0) is 19.2 Å². The lowest BCUT2D eigenvalue weighted by Crippen LogP contribution is -2.66. The molecule has 2 aliphatic heterocycles. The number of nitrogens with two attached hydrogens (primary N) is 1. The Balaban J connectivity index is 2.04. The van der Waals surface area contributed by atoms with Gasteiger partial charge in [0, 0.05) is 30.3 Å². The molecule has 0 unspecified atom stereocenters. The third-order valence-corrected chi connectivity index (χ3v) is 4.28. The normalized spacial score (nSPS) is 25.6. The molecule has 110 valence electrons. The van der Waals surface area contributed by atoms with Gasteiger partial charge in [0.05, 0.1) is 0 Å². The van der Waals surface area contributed by atoms with Crippen LogP contribution in [0.5, 0.6) is 0 Å². The van der Waals surface area contributed by atoms with Crippen molar-refractivity contribution >= 4 is 23.6 Å². The molecule has 1 aliphatic carbocycles. The highest BCUT2D eigenvalue weighted by Gasteiger charge is 2.54. The first-order valence-corrected chi connectivity index (χ1v) is 6.84. The molecule has 0 radical (unpaired) electrons. The molecule has 0 bridgehead atoms. The van der Waals surface area contributed by atoms with E-state index in [-0.39, 0.29) is 6.04 Å². The van der Waals surface area contributed by atoms with Crippen LogP contribution in [0.25, 0.3) is 0 Å². The van der Waals surface area contributed by atoms with Crippen LogP contribution < -0.4 is 5.73 Å². The van der Waals surface area contributed by atoms with Gasteiger partial charge in [-0.05, 0) is 25.7 Å². The minimum Gasteiger partial charge on any atom is -0.328 e. The molecule has 3 rings (SSSR count). The molecule has 0 spiro atoms. The van der Waals surface area contributed by atoms with Crippen LogP contribution in [0.2, 0.25) is 0 Å². The summed E-state index contributed by atoms with van der Waals surface area (Å²) in [6.45, 7) is 0. The predicted octanol–water partition coefficient (Wildman–Crippen LogP) is -0.566. The van der Waals surface area contributed by atoms with E-state index in [2.05, 4.69) is 0 Å². The maximum absolute atomic E-state index is 12.1.